The molecule has 7 atom stereocenters. The first-order chi connectivity index (χ1) is 15.0. The molecule has 1 saturated carbocycles. The molecule has 0 aromatic rings. The number of nitrogens with one attached hydrogen (secondary N) is 4. The number of fused-ring (bicyclic) bond motifs is 1. The average Bonchev–Trinajstić information content (AvgIpc) is 3.40. The Hall–Kier alpha value is -1.04. The highest BCUT2D eigenvalue weighted by atomic mass is 32.2. The predicted octanol–water partition coefficient (Wildman–Crippen LogP) is 1.36. The number of carbonyl (C=O) groups excluding carboxylic acids is 3. The van der Waals surface area contributed by atoms with Crippen LogP contribution in [0.2, 0.25) is 0 Å². The summed E-state index contributed by atoms with van der Waals surface area (Å²) in [5, 5.41) is 11.7. The van der Waals surface area contributed by atoms with E-state index >= 15 is 0 Å². The van der Waals surface area contributed by atoms with E-state index in [4.69, 9.17) is 4.74 Å². The number of alkyl halides is 1. The normalized spacial score (nSPS) is 37.6. The lowest BCUT2D eigenvalue weighted by Gasteiger charge is -2.25. The number of piperidine rings is 1. The van der Waals surface area contributed by atoms with Crippen LogP contribution in [0.5, 0.6) is 0 Å². The van der Waals surface area contributed by atoms with Crippen molar-refractivity contribution in [2.45, 2.75) is 66.7 Å². The molecule has 11 heteroatoms. The highest BCUT2D eigenvalue weighted by Crippen LogP contribution is 2.34. The van der Waals surface area contributed by atoms with E-state index in [0.29, 0.717) is 24.5 Å². The number of alkyl carbamates (subject to hydrolysis) is 1. The third kappa shape index (κ3) is 5.85. The van der Waals surface area contributed by atoms with E-state index in [1.165, 1.54) is 11.8 Å². The van der Waals surface area contributed by atoms with Crippen LogP contribution in [0.1, 0.15) is 38.5 Å². The third-order valence-electron chi connectivity index (χ3n) is 6.52. The van der Waals surface area contributed by atoms with Crippen LogP contribution in [-0.4, -0.2) is 71.6 Å². The van der Waals surface area contributed by atoms with Gasteiger partial charge in [0.1, 0.15) is 11.5 Å². The molecule has 8 nitrogen and oxygen atoms in total. The maximum Gasteiger partial charge on any atom is 0.413 e. The Morgan fingerprint density at radius 2 is 1.94 bits per heavy atom. The van der Waals surface area contributed by atoms with Crippen LogP contribution < -0.4 is 21.3 Å². The minimum Gasteiger partial charge on any atom is -0.449 e. The first kappa shape index (κ1) is 23.1. The molecule has 4 N–H and O–H groups in total. The number of rotatable bonds is 5. The van der Waals surface area contributed by atoms with Gasteiger partial charge >= 0.3 is 6.09 Å². The lowest BCUT2D eigenvalue weighted by molar-refractivity contribution is -0.125. The second-order valence-electron chi connectivity index (χ2n) is 8.66. The topological polar surface area (TPSA) is 109 Å². The van der Waals surface area contributed by atoms with Crippen molar-refractivity contribution in [2.24, 2.45) is 11.8 Å². The van der Waals surface area contributed by atoms with Crippen molar-refractivity contribution in [3.05, 3.63) is 0 Å². The van der Waals surface area contributed by atoms with Gasteiger partial charge in [-0.3, -0.25) is 20.2 Å². The van der Waals surface area contributed by atoms with Crippen LogP contribution >= 0.6 is 23.5 Å². The van der Waals surface area contributed by atoms with Gasteiger partial charge in [-0.2, -0.15) is 0 Å². The summed E-state index contributed by atoms with van der Waals surface area (Å²) < 4.78 is 19.0. The molecule has 174 valence electrons. The quantitative estimate of drug-likeness (QED) is 0.473. The highest BCUT2D eigenvalue weighted by Gasteiger charge is 2.42. The van der Waals surface area contributed by atoms with Crippen molar-refractivity contribution < 1.29 is 23.5 Å². The highest BCUT2D eigenvalue weighted by molar-refractivity contribution is 8.01. The summed E-state index contributed by atoms with van der Waals surface area (Å²) in [6.07, 6.45) is 2.80. The Labute approximate surface area is 190 Å². The minimum atomic E-state index is -0.954. The van der Waals surface area contributed by atoms with Crippen molar-refractivity contribution in [1.82, 2.24) is 21.3 Å². The molecule has 4 aliphatic rings. The largest absolute Gasteiger partial charge is 0.449 e. The summed E-state index contributed by atoms with van der Waals surface area (Å²) >= 11 is 3.16. The number of ether oxygens (including phenoxy) is 1. The van der Waals surface area contributed by atoms with Crippen molar-refractivity contribution in [2.75, 3.05) is 25.4 Å². The zero-order valence-corrected chi connectivity index (χ0v) is 19.1. The summed E-state index contributed by atoms with van der Waals surface area (Å²) in [6, 6.07) is 0.285. The average molecular weight is 475 g/mol. The van der Waals surface area contributed by atoms with E-state index in [0.717, 1.165) is 38.1 Å². The Kier molecular flexibility index (Phi) is 8.00. The van der Waals surface area contributed by atoms with Gasteiger partial charge in [-0.25, -0.2) is 9.18 Å². The zero-order valence-electron chi connectivity index (χ0n) is 17.4. The number of amides is 3. The second-order valence-corrected chi connectivity index (χ2v) is 11.3. The van der Waals surface area contributed by atoms with Gasteiger partial charge in [-0.15, -0.1) is 23.5 Å². The summed E-state index contributed by atoms with van der Waals surface area (Å²) in [5.41, 5.74) is 0. The standard InChI is InChI=1S/C20H31FN4O4S2/c21-13-4-2-1-3-11(13)10-29-20(28)25-16(26)12-6-8-30-18(12)24-17(27)19-23-14-9-22-7-5-15(14)31-19/h11-15,18-19,22-23H,1-10H2,(H,24,27)(H,25,26,28). The Bertz CT molecular complexity index is 674. The van der Waals surface area contributed by atoms with E-state index in [-0.39, 0.29) is 35.2 Å². The molecule has 4 rings (SSSR count). The number of hydrogen-bond acceptors (Lipinski definition) is 8. The fourth-order valence-electron chi connectivity index (χ4n) is 4.69. The Balaban J connectivity index is 1.22. The lowest BCUT2D eigenvalue weighted by Crippen LogP contribution is -2.51. The van der Waals surface area contributed by atoms with Crippen molar-refractivity contribution in [1.29, 1.82) is 0 Å². The minimum absolute atomic E-state index is 0.0123. The molecule has 0 radical (unpaired) electrons. The second kappa shape index (κ2) is 10.7. The molecule has 3 heterocycles. The van der Waals surface area contributed by atoms with E-state index in [1.807, 2.05) is 0 Å². The summed E-state index contributed by atoms with van der Waals surface area (Å²) in [4.78, 5) is 37.4. The molecular formula is C20H31FN4O4S2. The summed E-state index contributed by atoms with van der Waals surface area (Å²) in [7, 11) is 0. The zero-order chi connectivity index (χ0) is 21.8. The Morgan fingerprint density at radius 1 is 1.10 bits per heavy atom. The van der Waals surface area contributed by atoms with E-state index in [1.54, 1.807) is 11.8 Å². The van der Waals surface area contributed by atoms with Crippen LogP contribution in [0.3, 0.4) is 0 Å². The molecule has 7 unspecified atom stereocenters. The Morgan fingerprint density at radius 3 is 2.74 bits per heavy atom. The third-order valence-corrected chi connectivity index (χ3v) is 9.33. The summed E-state index contributed by atoms with van der Waals surface area (Å²) in [5.74, 6) is -0.639. The van der Waals surface area contributed by atoms with Crippen LogP contribution in [-0.2, 0) is 14.3 Å². The van der Waals surface area contributed by atoms with Gasteiger partial charge in [0, 0.05) is 23.8 Å². The molecule has 0 spiro atoms. The first-order valence-electron chi connectivity index (χ1n) is 11.2. The van der Waals surface area contributed by atoms with E-state index in [2.05, 4.69) is 21.3 Å². The number of thioether (sulfide) groups is 2. The van der Waals surface area contributed by atoms with Gasteiger partial charge in [0.05, 0.1) is 17.9 Å². The van der Waals surface area contributed by atoms with E-state index < -0.39 is 24.1 Å². The van der Waals surface area contributed by atoms with Crippen molar-refractivity contribution in [3.63, 3.8) is 0 Å². The molecule has 0 aromatic carbocycles. The van der Waals surface area contributed by atoms with Gasteiger partial charge in [0.25, 0.3) is 0 Å². The number of imide groups is 1. The molecule has 3 amide bonds. The van der Waals surface area contributed by atoms with Gasteiger partial charge < -0.3 is 15.4 Å². The van der Waals surface area contributed by atoms with Gasteiger partial charge in [-0.05, 0) is 38.0 Å². The number of halogens is 1. The maximum absolute atomic E-state index is 13.9. The van der Waals surface area contributed by atoms with Crippen LogP contribution in [0, 0.1) is 11.8 Å². The molecule has 4 fully saturated rings. The molecule has 0 aromatic heterocycles. The van der Waals surface area contributed by atoms with Crippen molar-refractivity contribution >= 4 is 41.4 Å². The molecule has 0 bridgehead atoms. The lowest BCUT2D eigenvalue weighted by atomic mass is 9.88. The first-order valence-corrected chi connectivity index (χ1v) is 13.2. The van der Waals surface area contributed by atoms with Crippen LogP contribution in [0.4, 0.5) is 9.18 Å². The fourth-order valence-corrected chi connectivity index (χ4v) is 7.44. The van der Waals surface area contributed by atoms with Crippen LogP contribution in [0.15, 0.2) is 0 Å². The van der Waals surface area contributed by atoms with Crippen molar-refractivity contribution in [3.8, 4) is 0 Å². The maximum atomic E-state index is 13.9. The van der Waals surface area contributed by atoms with Gasteiger partial charge in [0.2, 0.25) is 11.8 Å². The SMILES string of the molecule is O=C(NC(=O)C1CCSC1NC(=O)C1NC2CNCCC2S1)OCC1CCCCC1F. The van der Waals surface area contributed by atoms with Gasteiger partial charge in [0.15, 0.2) is 0 Å². The van der Waals surface area contributed by atoms with E-state index in [9.17, 15) is 18.8 Å². The van der Waals surface area contributed by atoms with Crippen LogP contribution in [0.25, 0.3) is 0 Å². The molecule has 31 heavy (non-hydrogen) atoms. The van der Waals surface area contributed by atoms with Gasteiger partial charge in [-0.1, -0.05) is 12.8 Å². The predicted molar refractivity (Wildman–Crippen MR) is 118 cm³/mol. The fraction of sp³-hybridized carbons (Fsp3) is 0.850. The molecule has 3 saturated heterocycles. The number of carbonyl (C=O) groups is 3. The summed E-state index contributed by atoms with van der Waals surface area (Å²) in [6.45, 7) is 1.81. The molecule has 1 aliphatic carbocycles. The molecular weight excluding hydrogens is 443 g/mol. The molecule has 3 aliphatic heterocycles. The monoisotopic (exact) mass is 474 g/mol. The number of hydrogen-bond donors (Lipinski definition) is 4. The smallest absolute Gasteiger partial charge is 0.413 e.